The zero-order chi connectivity index (χ0) is 15.0. The number of nitrogens with one attached hydrogen (secondary N) is 1. The Labute approximate surface area is 121 Å². The quantitative estimate of drug-likeness (QED) is 0.810. The number of carbonyl (C=O) groups is 1. The van der Waals surface area contributed by atoms with E-state index in [0.717, 1.165) is 17.5 Å². The summed E-state index contributed by atoms with van der Waals surface area (Å²) in [6.45, 7) is 6.97. The van der Waals surface area contributed by atoms with Crippen LogP contribution in [0.3, 0.4) is 0 Å². The number of aliphatic hydroxyl groups excluding tert-OH is 1. The first-order valence-electron chi connectivity index (χ1n) is 7.03. The van der Waals surface area contributed by atoms with E-state index in [2.05, 4.69) is 31.0 Å². The summed E-state index contributed by atoms with van der Waals surface area (Å²) in [7, 11) is 0. The molecule has 0 atom stereocenters. The van der Waals surface area contributed by atoms with E-state index in [1.165, 1.54) is 0 Å². The van der Waals surface area contributed by atoms with E-state index in [0.29, 0.717) is 24.4 Å². The summed E-state index contributed by atoms with van der Waals surface area (Å²) in [5, 5.41) is 11.6. The highest BCUT2D eigenvalue weighted by Crippen LogP contribution is 2.10. The second-order valence-electron chi connectivity index (χ2n) is 5.24. The second kappa shape index (κ2) is 8.39. The Morgan fingerprint density at radius 2 is 2.15 bits per heavy atom. The maximum Gasteiger partial charge on any atom is 0.251 e. The van der Waals surface area contributed by atoms with Crippen LogP contribution < -0.4 is 5.32 Å². The molecule has 1 aromatic carbocycles. The minimum Gasteiger partial charge on any atom is -0.395 e. The van der Waals surface area contributed by atoms with E-state index < -0.39 is 0 Å². The first kappa shape index (κ1) is 16.3. The Kier molecular flexibility index (Phi) is 6.83. The minimum absolute atomic E-state index is 0.0570. The van der Waals surface area contributed by atoms with Gasteiger partial charge in [0.25, 0.3) is 5.91 Å². The molecule has 0 fully saturated rings. The molecule has 3 nitrogen and oxygen atoms in total. The molecular formula is C17H23NO2. The van der Waals surface area contributed by atoms with Crippen LogP contribution in [0, 0.1) is 24.7 Å². The van der Waals surface area contributed by atoms with Crippen molar-refractivity contribution in [1.82, 2.24) is 5.32 Å². The molecule has 1 rings (SSSR count). The monoisotopic (exact) mass is 273 g/mol. The molecule has 0 aromatic heterocycles. The number of amides is 1. The van der Waals surface area contributed by atoms with E-state index in [9.17, 15) is 4.79 Å². The van der Waals surface area contributed by atoms with Gasteiger partial charge in [0.05, 0.1) is 6.61 Å². The van der Waals surface area contributed by atoms with Crippen molar-refractivity contribution in [2.24, 2.45) is 5.92 Å². The van der Waals surface area contributed by atoms with E-state index in [1.807, 2.05) is 25.1 Å². The first-order valence-corrected chi connectivity index (χ1v) is 7.03. The first-order chi connectivity index (χ1) is 9.54. The third-order valence-corrected chi connectivity index (χ3v) is 2.97. The number of carbonyl (C=O) groups excluding carboxylic acids is 1. The van der Waals surface area contributed by atoms with Crippen LogP contribution in [0.5, 0.6) is 0 Å². The SMILES string of the molecule is Cc1ccc(C(=O)NCCC(C)C)cc1C#CCCO. The smallest absolute Gasteiger partial charge is 0.251 e. The second-order valence-corrected chi connectivity index (χ2v) is 5.24. The highest BCUT2D eigenvalue weighted by molar-refractivity contribution is 5.94. The molecule has 20 heavy (non-hydrogen) atoms. The van der Waals surface area contributed by atoms with Crippen LogP contribution in [0.15, 0.2) is 18.2 Å². The molecule has 1 amide bonds. The van der Waals surface area contributed by atoms with Gasteiger partial charge in [-0.3, -0.25) is 4.79 Å². The lowest BCUT2D eigenvalue weighted by Gasteiger charge is -2.08. The summed E-state index contributed by atoms with van der Waals surface area (Å²) in [4.78, 5) is 12.0. The van der Waals surface area contributed by atoms with Gasteiger partial charge >= 0.3 is 0 Å². The molecule has 0 heterocycles. The van der Waals surface area contributed by atoms with E-state index in [1.54, 1.807) is 0 Å². The topological polar surface area (TPSA) is 49.3 Å². The summed E-state index contributed by atoms with van der Waals surface area (Å²) >= 11 is 0. The maximum absolute atomic E-state index is 12.0. The Morgan fingerprint density at radius 1 is 1.40 bits per heavy atom. The number of benzene rings is 1. The summed E-state index contributed by atoms with van der Waals surface area (Å²) < 4.78 is 0. The molecule has 3 heteroatoms. The highest BCUT2D eigenvalue weighted by Gasteiger charge is 2.07. The number of rotatable bonds is 5. The molecule has 0 saturated carbocycles. The lowest BCUT2D eigenvalue weighted by Crippen LogP contribution is -2.25. The largest absolute Gasteiger partial charge is 0.395 e. The van der Waals surface area contributed by atoms with Gasteiger partial charge in [-0.25, -0.2) is 0 Å². The van der Waals surface area contributed by atoms with Gasteiger partial charge in [0.2, 0.25) is 0 Å². The van der Waals surface area contributed by atoms with Crippen LogP contribution >= 0.6 is 0 Å². The van der Waals surface area contributed by atoms with E-state index in [-0.39, 0.29) is 12.5 Å². The standard InChI is InChI=1S/C17H23NO2/c1-13(2)9-10-18-17(20)16-8-7-14(3)15(12-16)6-4-5-11-19/h7-8,12-13,19H,5,9-11H2,1-3H3,(H,18,20). The number of hydrogen-bond acceptors (Lipinski definition) is 2. The van der Waals surface area contributed by atoms with Gasteiger partial charge in [-0.1, -0.05) is 31.8 Å². The fraction of sp³-hybridized carbons (Fsp3) is 0.471. The van der Waals surface area contributed by atoms with Gasteiger partial charge in [-0.2, -0.15) is 0 Å². The number of hydrogen-bond donors (Lipinski definition) is 2. The van der Waals surface area contributed by atoms with Gasteiger partial charge in [-0.15, -0.1) is 0 Å². The molecule has 108 valence electrons. The molecular weight excluding hydrogens is 250 g/mol. The summed E-state index contributed by atoms with van der Waals surface area (Å²) in [5.74, 6) is 6.40. The van der Waals surface area contributed by atoms with E-state index >= 15 is 0 Å². The molecule has 0 bridgehead atoms. The van der Waals surface area contributed by atoms with Crippen molar-refractivity contribution in [2.75, 3.05) is 13.2 Å². The number of aliphatic hydroxyl groups is 1. The van der Waals surface area contributed by atoms with Crippen molar-refractivity contribution in [2.45, 2.75) is 33.6 Å². The third kappa shape index (κ3) is 5.46. The van der Waals surface area contributed by atoms with Crippen LogP contribution in [-0.2, 0) is 0 Å². The summed E-state index contributed by atoms with van der Waals surface area (Å²) in [6, 6.07) is 5.53. The fourth-order valence-corrected chi connectivity index (χ4v) is 1.69. The van der Waals surface area contributed by atoms with E-state index in [4.69, 9.17) is 5.11 Å². The molecule has 0 saturated heterocycles. The highest BCUT2D eigenvalue weighted by atomic mass is 16.2. The van der Waals surface area contributed by atoms with Gasteiger partial charge in [0.1, 0.15) is 0 Å². The molecule has 0 unspecified atom stereocenters. The van der Waals surface area contributed by atoms with Gasteiger partial charge in [0.15, 0.2) is 0 Å². The number of aryl methyl sites for hydroxylation is 1. The van der Waals surface area contributed by atoms with Crippen LogP contribution in [0.1, 0.15) is 48.2 Å². The zero-order valence-electron chi connectivity index (χ0n) is 12.5. The average molecular weight is 273 g/mol. The van der Waals surface area contributed by atoms with Crippen molar-refractivity contribution in [3.8, 4) is 11.8 Å². The Bertz CT molecular complexity index is 509. The van der Waals surface area contributed by atoms with Crippen LogP contribution in [0.4, 0.5) is 0 Å². The van der Waals surface area contributed by atoms with Gasteiger partial charge < -0.3 is 10.4 Å². The zero-order valence-corrected chi connectivity index (χ0v) is 12.5. The summed E-state index contributed by atoms with van der Waals surface area (Å²) in [6.07, 6.45) is 1.42. The molecule has 0 radical (unpaired) electrons. The Balaban J connectivity index is 2.74. The molecule has 2 N–H and O–H groups in total. The van der Waals surface area contributed by atoms with Crippen LogP contribution in [-0.4, -0.2) is 24.2 Å². The van der Waals surface area contributed by atoms with Crippen LogP contribution in [0.25, 0.3) is 0 Å². The van der Waals surface area contributed by atoms with Gasteiger partial charge in [-0.05, 0) is 37.0 Å². The maximum atomic E-state index is 12.0. The van der Waals surface area contributed by atoms with Crippen molar-refractivity contribution >= 4 is 5.91 Å². The summed E-state index contributed by atoms with van der Waals surface area (Å²) in [5.41, 5.74) is 2.51. The van der Waals surface area contributed by atoms with Crippen molar-refractivity contribution < 1.29 is 9.90 Å². The minimum atomic E-state index is -0.0594. The normalized spacial score (nSPS) is 10.1. The molecule has 0 spiro atoms. The molecule has 0 aliphatic heterocycles. The Hall–Kier alpha value is -1.79. The van der Waals surface area contributed by atoms with Crippen molar-refractivity contribution in [3.05, 3.63) is 34.9 Å². The predicted molar refractivity (Wildman–Crippen MR) is 81.5 cm³/mol. The molecule has 1 aromatic rings. The average Bonchev–Trinajstić information content (AvgIpc) is 2.40. The van der Waals surface area contributed by atoms with Crippen molar-refractivity contribution in [1.29, 1.82) is 0 Å². The lowest BCUT2D eigenvalue weighted by molar-refractivity contribution is 0.0952. The lowest BCUT2D eigenvalue weighted by atomic mass is 10.0. The van der Waals surface area contributed by atoms with Crippen molar-refractivity contribution in [3.63, 3.8) is 0 Å². The van der Waals surface area contributed by atoms with Crippen LogP contribution in [0.2, 0.25) is 0 Å². The fourth-order valence-electron chi connectivity index (χ4n) is 1.69. The molecule has 0 aliphatic carbocycles. The third-order valence-electron chi connectivity index (χ3n) is 2.97. The van der Waals surface area contributed by atoms with Gasteiger partial charge in [0, 0.05) is 24.1 Å². The molecule has 0 aliphatic rings. The predicted octanol–water partition coefficient (Wildman–Crippen LogP) is 2.50. The Morgan fingerprint density at radius 3 is 2.80 bits per heavy atom.